The summed E-state index contributed by atoms with van der Waals surface area (Å²) in [6, 6.07) is 1.94. The number of carbonyl (C=O) groups is 1. The molecule has 1 saturated carbocycles. The van der Waals surface area contributed by atoms with E-state index in [9.17, 15) is 9.90 Å². The Labute approximate surface area is 154 Å². The minimum Gasteiger partial charge on any atom is -0.507 e. The molecule has 1 heterocycles. The second-order valence-electron chi connectivity index (χ2n) is 6.56. The Morgan fingerprint density at radius 3 is 2.54 bits per heavy atom. The lowest BCUT2D eigenvalue weighted by Gasteiger charge is -2.35. The molecule has 0 bridgehead atoms. The summed E-state index contributed by atoms with van der Waals surface area (Å²) in [5, 5.41) is 11.3. The van der Waals surface area contributed by atoms with Crippen molar-refractivity contribution in [2.75, 3.05) is 7.11 Å². The van der Waals surface area contributed by atoms with Crippen LogP contribution >= 0.6 is 27.5 Å². The van der Waals surface area contributed by atoms with Gasteiger partial charge in [-0.05, 0) is 66.6 Å². The lowest BCUT2D eigenvalue weighted by Crippen LogP contribution is -2.38. The molecule has 2 aliphatic rings. The Bertz CT molecular complexity index is 733. The number of carbonyl (C=O) groups excluding carboxylic acids is 1. The van der Waals surface area contributed by atoms with Crippen molar-refractivity contribution < 1.29 is 19.4 Å². The van der Waals surface area contributed by atoms with Gasteiger partial charge >= 0.3 is 5.97 Å². The minimum atomic E-state index is -0.936. The van der Waals surface area contributed by atoms with Crippen molar-refractivity contribution in [3.05, 3.63) is 38.0 Å². The predicted octanol–water partition coefficient (Wildman–Crippen LogP) is 4.87. The maximum Gasteiger partial charge on any atom is 0.343 e. The molecule has 130 valence electrons. The number of ether oxygens (including phenoxy) is 2. The maximum absolute atomic E-state index is 12.6. The summed E-state index contributed by atoms with van der Waals surface area (Å²) in [6.45, 7) is 3.81. The van der Waals surface area contributed by atoms with Gasteiger partial charge < -0.3 is 14.6 Å². The SMILES string of the molecule is COC1CCC2(CC1)OC(=O)C(c1c(C)cc(C)c(Br)c1Cl)=C2O. The van der Waals surface area contributed by atoms with Crippen molar-refractivity contribution in [3.63, 3.8) is 0 Å². The van der Waals surface area contributed by atoms with Crippen LogP contribution in [-0.2, 0) is 14.3 Å². The van der Waals surface area contributed by atoms with Crippen LogP contribution in [0.4, 0.5) is 0 Å². The van der Waals surface area contributed by atoms with Gasteiger partial charge in [0.05, 0.1) is 11.1 Å². The molecule has 0 radical (unpaired) electrons. The Balaban J connectivity index is 2.09. The molecule has 24 heavy (non-hydrogen) atoms. The summed E-state index contributed by atoms with van der Waals surface area (Å²) in [6.07, 6.45) is 2.73. The highest BCUT2D eigenvalue weighted by Crippen LogP contribution is 2.48. The van der Waals surface area contributed by atoms with Gasteiger partial charge in [0.1, 0.15) is 5.57 Å². The number of hydrogen-bond donors (Lipinski definition) is 1. The van der Waals surface area contributed by atoms with Gasteiger partial charge in [-0.2, -0.15) is 0 Å². The second-order valence-corrected chi connectivity index (χ2v) is 7.73. The number of aliphatic hydroxyl groups is 1. The van der Waals surface area contributed by atoms with Gasteiger partial charge in [0.2, 0.25) is 0 Å². The van der Waals surface area contributed by atoms with Crippen LogP contribution in [0.15, 0.2) is 16.3 Å². The first-order valence-electron chi connectivity index (χ1n) is 7.96. The maximum atomic E-state index is 12.6. The van der Waals surface area contributed by atoms with E-state index < -0.39 is 11.6 Å². The molecule has 1 N–H and O–H groups in total. The highest BCUT2D eigenvalue weighted by Gasteiger charge is 2.51. The molecular weight excluding hydrogens is 396 g/mol. The molecule has 3 rings (SSSR count). The average Bonchev–Trinajstić information content (AvgIpc) is 2.78. The number of methoxy groups -OCH3 is 1. The third-order valence-electron chi connectivity index (χ3n) is 5.07. The quantitative estimate of drug-likeness (QED) is 0.700. The van der Waals surface area contributed by atoms with Crippen LogP contribution in [0, 0.1) is 13.8 Å². The molecule has 4 nitrogen and oxygen atoms in total. The minimum absolute atomic E-state index is 0.00260. The fourth-order valence-electron chi connectivity index (χ4n) is 3.68. The molecule has 0 amide bonds. The van der Waals surface area contributed by atoms with Crippen LogP contribution in [0.5, 0.6) is 0 Å². The van der Waals surface area contributed by atoms with Crippen LogP contribution in [0.25, 0.3) is 5.57 Å². The number of aryl methyl sites for hydroxylation is 2. The molecule has 0 unspecified atom stereocenters. The van der Waals surface area contributed by atoms with Gasteiger partial charge in [0, 0.05) is 17.1 Å². The molecule has 1 aliphatic heterocycles. The number of benzene rings is 1. The van der Waals surface area contributed by atoms with Gasteiger partial charge in [-0.15, -0.1) is 0 Å². The topological polar surface area (TPSA) is 55.8 Å². The van der Waals surface area contributed by atoms with E-state index in [4.69, 9.17) is 21.1 Å². The van der Waals surface area contributed by atoms with Crippen molar-refractivity contribution in [1.82, 2.24) is 0 Å². The van der Waals surface area contributed by atoms with Crippen molar-refractivity contribution >= 4 is 39.1 Å². The molecular formula is C18H20BrClO4. The zero-order chi connectivity index (χ0) is 17.6. The summed E-state index contributed by atoms with van der Waals surface area (Å²) >= 11 is 9.92. The third-order valence-corrected chi connectivity index (χ3v) is 6.70. The first kappa shape index (κ1) is 17.8. The molecule has 0 aromatic heterocycles. The van der Waals surface area contributed by atoms with E-state index >= 15 is 0 Å². The van der Waals surface area contributed by atoms with Crippen molar-refractivity contribution in [3.8, 4) is 0 Å². The number of esters is 1. The molecule has 1 aromatic rings. The van der Waals surface area contributed by atoms with E-state index in [0.29, 0.717) is 23.4 Å². The predicted molar refractivity (Wildman–Crippen MR) is 96.3 cm³/mol. The number of rotatable bonds is 2. The Morgan fingerprint density at radius 1 is 1.33 bits per heavy atom. The normalized spacial score (nSPS) is 27.0. The van der Waals surface area contributed by atoms with Crippen LogP contribution in [0.1, 0.15) is 42.4 Å². The smallest absolute Gasteiger partial charge is 0.343 e. The van der Waals surface area contributed by atoms with E-state index in [1.807, 2.05) is 19.9 Å². The van der Waals surface area contributed by atoms with E-state index in [-0.39, 0.29) is 17.4 Å². The molecule has 1 aliphatic carbocycles. The number of hydrogen-bond acceptors (Lipinski definition) is 4. The lowest BCUT2D eigenvalue weighted by molar-refractivity contribution is -0.151. The Hall–Kier alpha value is -1.04. The highest BCUT2D eigenvalue weighted by atomic mass is 79.9. The summed E-state index contributed by atoms with van der Waals surface area (Å²) in [7, 11) is 1.68. The Kier molecular flexibility index (Phi) is 4.71. The monoisotopic (exact) mass is 414 g/mol. The van der Waals surface area contributed by atoms with E-state index in [1.54, 1.807) is 7.11 Å². The number of aliphatic hydroxyl groups excluding tert-OH is 1. The molecule has 6 heteroatoms. The van der Waals surface area contributed by atoms with Crippen LogP contribution in [-0.4, -0.2) is 29.9 Å². The van der Waals surface area contributed by atoms with E-state index in [2.05, 4.69) is 15.9 Å². The molecule has 0 saturated heterocycles. The zero-order valence-electron chi connectivity index (χ0n) is 13.9. The summed E-state index contributed by atoms with van der Waals surface area (Å²) < 4.78 is 11.7. The fourth-order valence-corrected chi connectivity index (χ4v) is 4.38. The summed E-state index contributed by atoms with van der Waals surface area (Å²) in [5.74, 6) is -0.507. The molecule has 1 fully saturated rings. The van der Waals surface area contributed by atoms with Crippen LogP contribution < -0.4 is 0 Å². The molecule has 1 aromatic carbocycles. The first-order valence-corrected chi connectivity index (χ1v) is 9.13. The van der Waals surface area contributed by atoms with Gasteiger partial charge in [-0.25, -0.2) is 4.79 Å². The van der Waals surface area contributed by atoms with Gasteiger partial charge in [-0.3, -0.25) is 0 Å². The second kappa shape index (κ2) is 6.36. The fraction of sp³-hybridized carbons (Fsp3) is 0.500. The van der Waals surface area contributed by atoms with Gasteiger partial charge in [0.25, 0.3) is 0 Å². The summed E-state index contributed by atoms with van der Waals surface area (Å²) in [5.41, 5.74) is 1.61. The van der Waals surface area contributed by atoms with Crippen molar-refractivity contribution in [1.29, 1.82) is 0 Å². The summed E-state index contributed by atoms with van der Waals surface area (Å²) in [4.78, 5) is 12.6. The average molecular weight is 416 g/mol. The van der Waals surface area contributed by atoms with E-state index in [0.717, 1.165) is 28.4 Å². The first-order chi connectivity index (χ1) is 11.3. The standard InChI is InChI=1S/C18H20BrClO4/c1-9-8-10(2)14(19)15(20)12(9)13-16(21)18(24-17(13)22)6-4-11(23-3)5-7-18/h8,11,21H,4-7H2,1-3H3. The highest BCUT2D eigenvalue weighted by molar-refractivity contribution is 9.10. The van der Waals surface area contributed by atoms with Gasteiger partial charge in [0.15, 0.2) is 11.4 Å². The Morgan fingerprint density at radius 2 is 1.96 bits per heavy atom. The van der Waals surface area contributed by atoms with Crippen molar-refractivity contribution in [2.45, 2.75) is 51.2 Å². The third kappa shape index (κ3) is 2.67. The van der Waals surface area contributed by atoms with Crippen LogP contribution in [0.3, 0.4) is 0 Å². The lowest BCUT2D eigenvalue weighted by atomic mass is 9.81. The van der Waals surface area contributed by atoms with Gasteiger partial charge in [-0.1, -0.05) is 17.7 Å². The largest absolute Gasteiger partial charge is 0.507 e. The van der Waals surface area contributed by atoms with Crippen molar-refractivity contribution in [2.24, 2.45) is 0 Å². The van der Waals surface area contributed by atoms with Crippen LogP contribution in [0.2, 0.25) is 5.02 Å². The molecule has 0 atom stereocenters. The zero-order valence-corrected chi connectivity index (χ0v) is 16.3. The van der Waals surface area contributed by atoms with E-state index in [1.165, 1.54) is 0 Å². The molecule has 1 spiro atoms. The number of halogens is 2.